The Kier molecular flexibility index (Phi) is 6.18. The number of hydrogen-bond acceptors (Lipinski definition) is 7. The van der Waals surface area contributed by atoms with Gasteiger partial charge in [0.2, 0.25) is 0 Å². The number of para-hydroxylation sites is 1. The number of hydrogen-bond donors (Lipinski definition) is 1. The Labute approximate surface area is 193 Å². The second-order valence-corrected chi connectivity index (χ2v) is 9.88. The molecule has 0 aliphatic heterocycles. The lowest BCUT2D eigenvalue weighted by atomic mass is 10.3. The maximum Gasteiger partial charge on any atom is 0.287 e. The van der Waals surface area contributed by atoms with Crippen molar-refractivity contribution in [1.29, 1.82) is 0 Å². The van der Waals surface area contributed by atoms with Crippen molar-refractivity contribution in [2.24, 2.45) is 0 Å². The van der Waals surface area contributed by atoms with Crippen LogP contribution in [-0.4, -0.2) is 25.1 Å². The molecular weight excluding hydrogens is 474 g/mol. The van der Waals surface area contributed by atoms with Crippen LogP contribution in [0.4, 0.5) is 5.69 Å². The molecule has 0 unspecified atom stereocenters. The average Bonchev–Trinajstić information content (AvgIpc) is 3.13. The molecule has 0 amide bonds. The number of sulfonamides is 1. The molecule has 4 rings (SSSR count). The third-order valence-corrected chi connectivity index (χ3v) is 7.23. The summed E-state index contributed by atoms with van der Waals surface area (Å²) in [5.74, 6) is 1.33. The number of ether oxygens (including phenoxy) is 1. The number of nitrogens with zero attached hydrogens (tertiary/aromatic N) is 2. The van der Waals surface area contributed by atoms with Crippen LogP contribution >= 0.6 is 23.4 Å². The highest BCUT2D eigenvalue weighted by Gasteiger charge is 2.18. The van der Waals surface area contributed by atoms with Crippen molar-refractivity contribution in [2.75, 3.05) is 11.8 Å². The van der Waals surface area contributed by atoms with Gasteiger partial charge < -0.3 is 9.26 Å². The molecule has 2 aromatic heterocycles. The number of nitrogens with one attached hydrogen (secondary N) is 1. The summed E-state index contributed by atoms with van der Waals surface area (Å²) in [6, 6.07) is 14.3. The molecule has 32 heavy (non-hydrogen) atoms. The van der Waals surface area contributed by atoms with Gasteiger partial charge in [0.05, 0.1) is 28.4 Å². The zero-order valence-corrected chi connectivity index (χ0v) is 19.4. The molecule has 4 aromatic rings. The van der Waals surface area contributed by atoms with Gasteiger partial charge >= 0.3 is 0 Å². The molecule has 11 heteroatoms. The first kappa shape index (κ1) is 22.3. The largest absolute Gasteiger partial charge is 0.495 e. The second kappa shape index (κ2) is 8.89. The molecule has 0 bridgehead atoms. The molecule has 2 heterocycles. The van der Waals surface area contributed by atoms with Gasteiger partial charge in [0.25, 0.3) is 15.6 Å². The van der Waals surface area contributed by atoms with E-state index >= 15 is 0 Å². The number of methoxy groups -OCH3 is 1. The lowest BCUT2D eigenvalue weighted by Gasteiger charge is -2.13. The fraction of sp³-hybridized carbons (Fsp3) is 0.143. The number of aryl methyl sites for hydroxylation is 1. The van der Waals surface area contributed by atoms with Crippen LogP contribution in [0.15, 0.2) is 73.7 Å². The van der Waals surface area contributed by atoms with Crippen molar-refractivity contribution in [1.82, 2.24) is 9.56 Å². The van der Waals surface area contributed by atoms with Gasteiger partial charge in [0, 0.05) is 22.8 Å². The van der Waals surface area contributed by atoms with Crippen LogP contribution in [-0.2, 0) is 15.8 Å². The van der Waals surface area contributed by atoms with Crippen molar-refractivity contribution in [3.05, 3.63) is 81.4 Å². The molecule has 0 saturated heterocycles. The first-order chi connectivity index (χ1) is 15.3. The van der Waals surface area contributed by atoms with Crippen LogP contribution in [0.3, 0.4) is 0 Å². The van der Waals surface area contributed by atoms with Gasteiger partial charge in [0.1, 0.15) is 11.5 Å². The lowest BCUT2D eigenvalue weighted by molar-refractivity contribution is 0.344. The van der Waals surface area contributed by atoms with Crippen LogP contribution in [0.5, 0.6) is 5.75 Å². The molecule has 0 aliphatic rings. The van der Waals surface area contributed by atoms with E-state index in [1.54, 1.807) is 37.3 Å². The second-order valence-electron chi connectivity index (χ2n) is 6.77. The summed E-state index contributed by atoms with van der Waals surface area (Å²) >= 11 is 7.44. The van der Waals surface area contributed by atoms with Gasteiger partial charge in [0.15, 0.2) is 5.65 Å². The molecule has 0 aliphatic carbocycles. The molecule has 0 saturated carbocycles. The number of fused-ring (bicyclic) bond motifs is 1. The van der Waals surface area contributed by atoms with Gasteiger partial charge in [-0.2, -0.15) is 0 Å². The molecule has 0 fully saturated rings. The molecular formula is C21H18ClN3O5S2. The summed E-state index contributed by atoms with van der Waals surface area (Å²) in [4.78, 5) is 17.3. The normalized spacial score (nSPS) is 11.6. The molecule has 166 valence electrons. The van der Waals surface area contributed by atoms with Crippen LogP contribution in [0.2, 0.25) is 5.02 Å². The summed E-state index contributed by atoms with van der Waals surface area (Å²) in [5.41, 5.74) is 1.07. The first-order valence-corrected chi connectivity index (χ1v) is 12.2. The smallest absolute Gasteiger partial charge is 0.287 e. The minimum absolute atomic E-state index is 0.0126. The van der Waals surface area contributed by atoms with E-state index in [2.05, 4.69) is 9.71 Å². The van der Waals surface area contributed by atoms with E-state index in [0.717, 1.165) is 4.57 Å². The fourth-order valence-corrected chi connectivity index (χ4v) is 5.39. The van der Waals surface area contributed by atoms with Gasteiger partial charge in [-0.15, -0.1) is 16.3 Å². The van der Waals surface area contributed by atoms with Crippen LogP contribution < -0.4 is 15.0 Å². The Balaban J connectivity index is 1.57. The molecule has 0 spiro atoms. The molecule has 1 N–H and O–H groups in total. The van der Waals surface area contributed by atoms with Gasteiger partial charge in [-0.1, -0.05) is 23.7 Å². The number of thioether (sulfide) groups is 1. The summed E-state index contributed by atoms with van der Waals surface area (Å²) in [6.45, 7) is 1.74. The number of anilines is 1. The Morgan fingerprint density at radius 2 is 1.97 bits per heavy atom. The number of rotatable bonds is 7. The standard InChI is InChI=1S/C21H18ClN3O5S2/c1-13-9-20-23-14(10-21(26)25(20)30-13)12-31-19-6-4-3-5-17(19)24-32(27,28)15-7-8-18(29-2)16(22)11-15/h3-11,24H,12H2,1-2H3. The van der Waals surface area contributed by atoms with E-state index in [1.165, 1.54) is 43.1 Å². The maximum atomic E-state index is 12.9. The number of benzene rings is 2. The quantitative estimate of drug-likeness (QED) is 0.383. The highest BCUT2D eigenvalue weighted by atomic mass is 35.5. The zero-order valence-electron chi connectivity index (χ0n) is 17.0. The SMILES string of the molecule is COc1ccc(S(=O)(=O)Nc2ccccc2SCc2cc(=O)n3oc(C)cc3n2)cc1Cl. The van der Waals surface area contributed by atoms with Crippen molar-refractivity contribution in [3.63, 3.8) is 0 Å². The third kappa shape index (κ3) is 4.62. The van der Waals surface area contributed by atoms with Crippen molar-refractivity contribution in [2.45, 2.75) is 22.5 Å². The van der Waals surface area contributed by atoms with E-state index in [4.69, 9.17) is 20.9 Å². The van der Waals surface area contributed by atoms with Gasteiger partial charge in [-0.3, -0.25) is 9.52 Å². The van der Waals surface area contributed by atoms with Crippen molar-refractivity contribution in [3.8, 4) is 5.75 Å². The molecule has 2 aromatic carbocycles. The summed E-state index contributed by atoms with van der Waals surface area (Å²) in [7, 11) is -2.43. The van der Waals surface area contributed by atoms with Gasteiger partial charge in [-0.05, 0) is 37.3 Å². The minimum atomic E-state index is -3.88. The maximum absolute atomic E-state index is 12.9. The Morgan fingerprint density at radius 3 is 2.72 bits per heavy atom. The molecule has 0 radical (unpaired) electrons. The van der Waals surface area contributed by atoms with Crippen LogP contribution in [0, 0.1) is 6.92 Å². The van der Waals surface area contributed by atoms with Gasteiger partial charge in [-0.25, -0.2) is 13.4 Å². The average molecular weight is 492 g/mol. The summed E-state index contributed by atoms with van der Waals surface area (Å²) < 4.78 is 39.9. The predicted octanol–water partition coefficient (Wildman–Crippen LogP) is 4.35. The van der Waals surface area contributed by atoms with Crippen molar-refractivity contribution >= 4 is 44.7 Å². The number of halogens is 1. The lowest BCUT2D eigenvalue weighted by Crippen LogP contribution is -2.14. The summed E-state index contributed by atoms with van der Waals surface area (Å²) in [6.07, 6.45) is 0. The van der Waals surface area contributed by atoms with E-state index < -0.39 is 10.0 Å². The van der Waals surface area contributed by atoms with E-state index in [1.807, 2.05) is 0 Å². The van der Waals surface area contributed by atoms with E-state index in [0.29, 0.717) is 39.2 Å². The van der Waals surface area contributed by atoms with Crippen LogP contribution in [0.1, 0.15) is 11.5 Å². The monoisotopic (exact) mass is 491 g/mol. The molecule has 8 nitrogen and oxygen atoms in total. The highest BCUT2D eigenvalue weighted by Crippen LogP contribution is 2.32. The van der Waals surface area contributed by atoms with Crippen molar-refractivity contribution < 1.29 is 17.7 Å². The van der Waals surface area contributed by atoms with Crippen LogP contribution in [0.25, 0.3) is 5.65 Å². The summed E-state index contributed by atoms with van der Waals surface area (Å²) in [5, 5.41) is 0.195. The van der Waals surface area contributed by atoms with E-state index in [9.17, 15) is 13.2 Å². The predicted molar refractivity (Wildman–Crippen MR) is 123 cm³/mol. The third-order valence-electron chi connectivity index (χ3n) is 4.46. The Morgan fingerprint density at radius 1 is 1.19 bits per heavy atom. The molecule has 0 atom stereocenters. The number of aromatic nitrogens is 2. The Hall–Kier alpha value is -2.95. The Bertz CT molecular complexity index is 1460. The topological polar surface area (TPSA) is 103 Å². The zero-order chi connectivity index (χ0) is 22.9. The minimum Gasteiger partial charge on any atom is -0.495 e. The highest BCUT2D eigenvalue weighted by molar-refractivity contribution is 7.98. The van der Waals surface area contributed by atoms with E-state index in [-0.39, 0.29) is 15.5 Å². The first-order valence-electron chi connectivity index (χ1n) is 9.34. The fourth-order valence-electron chi connectivity index (χ4n) is 2.99.